The second-order valence-corrected chi connectivity index (χ2v) is 16.4. The van der Waals surface area contributed by atoms with Crippen molar-refractivity contribution in [3.63, 3.8) is 0 Å². The van der Waals surface area contributed by atoms with Gasteiger partial charge in [0, 0.05) is 36.6 Å². The third kappa shape index (κ3) is 11.2. The van der Waals surface area contributed by atoms with Crippen molar-refractivity contribution in [1.82, 2.24) is 20.6 Å². The molecule has 3 aromatic carbocycles. The first-order valence-corrected chi connectivity index (χ1v) is 18.7. The maximum atomic E-state index is 13.1. The number of hydrogen-bond acceptors (Lipinski definition) is 6. The van der Waals surface area contributed by atoms with Gasteiger partial charge in [0.25, 0.3) is 0 Å². The summed E-state index contributed by atoms with van der Waals surface area (Å²) < 4.78 is 6.18. The number of hydrogen-bond donors (Lipinski definition) is 3. The van der Waals surface area contributed by atoms with Crippen molar-refractivity contribution in [1.29, 1.82) is 0 Å². The lowest BCUT2D eigenvalue weighted by molar-refractivity contribution is -0.137. The van der Waals surface area contributed by atoms with Gasteiger partial charge in [0.2, 0.25) is 5.91 Å². The Hall–Kier alpha value is -4.56. The highest BCUT2D eigenvalue weighted by molar-refractivity contribution is 5.82. The Labute approximate surface area is 309 Å². The van der Waals surface area contributed by atoms with Crippen LogP contribution in [0.4, 0.5) is 0 Å². The number of aliphatic carboxylic acids is 1. The molecule has 0 bridgehead atoms. The number of carboxylic acid groups (broad SMARTS) is 1. The van der Waals surface area contributed by atoms with Crippen LogP contribution in [0.15, 0.2) is 85.2 Å². The first-order valence-electron chi connectivity index (χ1n) is 18.7. The predicted octanol–water partition coefficient (Wildman–Crippen LogP) is 8.63. The molecule has 1 aliphatic carbocycles. The molecule has 4 aromatic rings. The van der Waals surface area contributed by atoms with Crippen LogP contribution < -0.4 is 15.4 Å². The molecule has 1 heterocycles. The number of benzene rings is 3. The zero-order chi connectivity index (χ0) is 37.3. The Morgan fingerprint density at radius 2 is 1.38 bits per heavy atom. The van der Waals surface area contributed by atoms with E-state index in [4.69, 9.17) is 9.84 Å². The summed E-state index contributed by atoms with van der Waals surface area (Å²) in [7, 11) is 0. The van der Waals surface area contributed by atoms with Crippen LogP contribution >= 0.6 is 0 Å². The van der Waals surface area contributed by atoms with Crippen LogP contribution in [-0.2, 0) is 28.0 Å². The molecule has 0 unspecified atom stereocenters. The van der Waals surface area contributed by atoms with Gasteiger partial charge in [-0.3, -0.25) is 9.59 Å². The van der Waals surface area contributed by atoms with Gasteiger partial charge in [0.15, 0.2) is 5.82 Å². The van der Waals surface area contributed by atoms with Crippen LogP contribution in [0.2, 0.25) is 0 Å². The molecule has 1 atom stereocenters. The normalized spacial score (nSPS) is 17.0. The van der Waals surface area contributed by atoms with Gasteiger partial charge < -0.3 is 20.5 Å². The molecule has 0 spiro atoms. The van der Waals surface area contributed by atoms with Crippen molar-refractivity contribution in [2.75, 3.05) is 13.2 Å². The van der Waals surface area contributed by atoms with Crippen molar-refractivity contribution in [3.05, 3.63) is 102 Å². The summed E-state index contributed by atoms with van der Waals surface area (Å²) >= 11 is 0. The Morgan fingerprint density at radius 1 is 0.788 bits per heavy atom. The van der Waals surface area contributed by atoms with Gasteiger partial charge in [0.05, 0.1) is 19.1 Å². The average molecular weight is 705 g/mol. The van der Waals surface area contributed by atoms with Crippen molar-refractivity contribution >= 4 is 11.9 Å². The highest BCUT2D eigenvalue weighted by Gasteiger charge is 2.30. The lowest BCUT2D eigenvalue weighted by atomic mass is 9.70. The van der Waals surface area contributed by atoms with Crippen LogP contribution in [0.1, 0.15) is 90.3 Å². The van der Waals surface area contributed by atoms with E-state index in [1.54, 1.807) is 0 Å². The fourth-order valence-electron chi connectivity index (χ4n) is 6.84. The summed E-state index contributed by atoms with van der Waals surface area (Å²) in [5.74, 6) is 1.78. The molecule has 1 fully saturated rings. The van der Waals surface area contributed by atoms with Crippen molar-refractivity contribution in [2.45, 2.75) is 98.1 Å². The third-order valence-corrected chi connectivity index (χ3v) is 10.4. The zero-order valence-corrected chi connectivity index (χ0v) is 31.7. The Bertz CT molecular complexity index is 1730. The van der Waals surface area contributed by atoms with Crippen LogP contribution in [0, 0.1) is 17.3 Å². The Kier molecular flexibility index (Phi) is 12.9. The van der Waals surface area contributed by atoms with Gasteiger partial charge in [0.1, 0.15) is 5.75 Å². The van der Waals surface area contributed by atoms with Gasteiger partial charge >= 0.3 is 5.97 Å². The van der Waals surface area contributed by atoms with Crippen LogP contribution in [0.25, 0.3) is 22.5 Å². The summed E-state index contributed by atoms with van der Waals surface area (Å²) in [6.07, 6.45) is 9.06. The van der Waals surface area contributed by atoms with E-state index in [1.165, 1.54) is 31.2 Å². The first kappa shape index (κ1) is 38.7. The summed E-state index contributed by atoms with van der Waals surface area (Å²) in [5.41, 5.74) is 6.58. The van der Waals surface area contributed by atoms with Crippen molar-refractivity contribution < 1.29 is 19.4 Å². The van der Waals surface area contributed by atoms with Crippen molar-refractivity contribution in [3.8, 4) is 28.3 Å². The van der Waals surface area contributed by atoms with E-state index in [1.807, 2.05) is 48.8 Å². The minimum atomic E-state index is -0.948. The number of ether oxygens (including phenoxy) is 1. The largest absolute Gasteiger partial charge is 0.493 e. The number of nitrogens with zero attached hydrogens (tertiary/aromatic N) is 2. The Morgan fingerprint density at radius 3 is 1.96 bits per heavy atom. The van der Waals surface area contributed by atoms with Crippen LogP contribution in [0.3, 0.4) is 0 Å². The molecule has 1 amide bonds. The molecule has 8 nitrogen and oxygen atoms in total. The van der Waals surface area contributed by atoms with Gasteiger partial charge in [-0.05, 0) is 89.2 Å². The van der Waals surface area contributed by atoms with E-state index < -0.39 is 12.0 Å². The summed E-state index contributed by atoms with van der Waals surface area (Å²) in [6.45, 7) is 15.0. The number of nitrogens with one attached hydrogen (secondary N) is 2. The lowest BCUT2D eigenvalue weighted by Crippen LogP contribution is -2.45. The van der Waals surface area contributed by atoms with E-state index in [0.29, 0.717) is 30.1 Å². The number of aromatic nitrogens is 2. The molecule has 276 valence electrons. The number of rotatable bonds is 14. The average Bonchev–Trinajstić information content (AvgIpc) is 3.12. The molecule has 0 radical (unpaired) electrons. The molecule has 1 saturated carbocycles. The molecule has 52 heavy (non-hydrogen) atoms. The topological polar surface area (TPSA) is 113 Å². The zero-order valence-electron chi connectivity index (χ0n) is 31.7. The highest BCUT2D eigenvalue weighted by atomic mass is 16.5. The monoisotopic (exact) mass is 704 g/mol. The van der Waals surface area contributed by atoms with Gasteiger partial charge in [-0.15, -0.1) is 0 Å². The molecule has 8 heteroatoms. The van der Waals surface area contributed by atoms with E-state index in [9.17, 15) is 9.59 Å². The molecule has 3 N–H and O–H groups in total. The molecular formula is C44H56N4O4. The minimum absolute atomic E-state index is 0.0603. The van der Waals surface area contributed by atoms with E-state index >= 15 is 0 Å². The summed E-state index contributed by atoms with van der Waals surface area (Å²) in [6, 6.07) is 23.9. The molecular weight excluding hydrogens is 649 g/mol. The molecule has 1 aromatic heterocycles. The quantitative estimate of drug-likeness (QED) is 0.120. The third-order valence-electron chi connectivity index (χ3n) is 10.4. The highest BCUT2D eigenvalue weighted by Crippen LogP contribution is 2.40. The minimum Gasteiger partial charge on any atom is -0.493 e. The molecule has 5 rings (SSSR count). The predicted molar refractivity (Wildman–Crippen MR) is 208 cm³/mol. The van der Waals surface area contributed by atoms with E-state index in [2.05, 4.69) is 98.5 Å². The van der Waals surface area contributed by atoms with E-state index in [-0.39, 0.29) is 24.3 Å². The SMILES string of the molecule is CC(C)(C)c1ccc(CN[C@@H](Cc2ccc(-c3ncc(-c4ccc(OCC5CCC(C(C)(C)C)CC5)cc4)cn3)cc2)C(=O)NCCC(=O)O)cc1. The number of carbonyl (C=O) groups is 2. The van der Waals surface area contributed by atoms with E-state index in [0.717, 1.165) is 46.1 Å². The summed E-state index contributed by atoms with van der Waals surface area (Å²) in [4.78, 5) is 33.5. The van der Waals surface area contributed by atoms with Gasteiger partial charge in [-0.1, -0.05) is 102 Å². The standard InChI is InChI=1S/C44H56N4O4/c1-43(2,3)36-17-9-31(10-18-36)26-46-39(42(51)45-24-23-40(49)50)25-30-7-13-34(14-8-30)41-47-27-35(28-48-41)33-15-21-38(22-16-33)52-29-32-11-19-37(20-12-32)44(4,5)6/h7-10,13-18,21-22,27-28,32,37,39,46H,11-12,19-20,23-26,29H2,1-6H3,(H,45,51)(H,49,50)/t32?,37?,39-/m0/s1. The molecule has 0 aliphatic heterocycles. The van der Waals surface area contributed by atoms with Gasteiger partial charge in [-0.2, -0.15) is 0 Å². The smallest absolute Gasteiger partial charge is 0.305 e. The fraction of sp³-hybridized carbons (Fsp3) is 0.455. The van der Waals surface area contributed by atoms with Gasteiger partial charge in [-0.25, -0.2) is 9.97 Å². The van der Waals surface area contributed by atoms with Crippen LogP contribution in [-0.4, -0.2) is 46.1 Å². The number of carbonyl (C=O) groups excluding carboxylic acids is 1. The Balaban J connectivity index is 1.16. The number of amides is 1. The number of carboxylic acids is 1. The van der Waals surface area contributed by atoms with Crippen molar-refractivity contribution in [2.24, 2.45) is 17.3 Å². The second kappa shape index (κ2) is 17.3. The second-order valence-electron chi connectivity index (χ2n) is 16.4. The fourth-order valence-corrected chi connectivity index (χ4v) is 6.84. The molecule has 0 saturated heterocycles. The maximum Gasteiger partial charge on any atom is 0.305 e. The summed E-state index contributed by atoms with van der Waals surface area (Å²) in [5, 5.41) is 15.2. The maximum absolute atomic E-state index is 13.1. The molecule has 1 aliphatic rings. The first-order chi connectivity index (χ1) is 24.7. The lowest BCUT2D eigenvalue weighted by Gasteiger charge is -2.36. The van der Waals surface area contributed by atoms with Crippen LogP contribution in [0.5, 0.6) is 5.75 Å².